The predicted molar refractivity (Wildman–Crippen MR) is 43.7 cm³/mol. The first-order valence-corrected chi connectivity index (χ1v) is 3.57. The fraction of sp³-hybridized carbons (Fsp3) is 0.222. The van der Waals surface area contributed by atoms with E-state index in [1.807, 2.05) is 6.92 Å². The number of aryl methyl sites for hydroxylation is 1. The fourth-order valence-corrected chi connectivity index (χ4v) is 1.02. The lowest BCUT2D eigenvalue weighted by molar-refractivity contribution is 0.627. The third-order valence-corrected chi connectivity index (χ3v) is 1.64. The van der Waals surface area contributed by atoms with E-state index in [2.05, 4.69) is 0 Å². The van der Waals surface area contributed by atoms with E-state index in [1.54, 1.807) is 6.07 Å². The van der Waals surface area contributed by atoms with E-state index in [9.17, 15) is 4.39 Å². The average Bonchev–Trinajstić information content (AvgIpc) is 2.04. The molecule has 2 heteroatoms. The summed E-state index contributed by atoms with van der Waals surface area (Å²) < 4.78 is 12.6. The first-order chi connectivity index (χ1) is 5.27. The van der Waals surface area contributed by atoms with Gasteiger partial charge in [-0.2, -0.15) is 0 Å². The average molecular weight is 151 g/mol. The van der Waals surface area contributed by atoms with E-state index in [0.29, 0.717) is 5.56 Å². The molecule has 0 saturated carbocycles. The SMILES string of the molecule is CCc1ccc(F)cc1C=N. The summed E-state index contributed by atoms with van der Waals surface area (Å²) in [7, 11) is 0. The molecule has 0 heterocycles. The third-order valence-electron chi connectivity index (χ3n) is 1.64. The van der Waals surface area contributed by atoms with Crippen LogP contribution in [-0.4, -0.2) is 6.21 Å². The third kappa shape index (κ3) is 1.64. The highest BCUT2D eigenvalue weighted by molar-refractivity contribution is 5.79. The molecule has 0 amide bonds. The van der Waals surface area contributed by atoms with Gasteiger partial charge in [0.25, 0.3) is 0 Å². The summed E-state index contributed by atoms with van der Waals surface area (Å²) in [6, 6.07) is 4.52. The van der Waals surface area contributed by atoms with Crippen molar-refractivity contribution >= 4 is 6.21 Å². The predicted octanol–water partition coefficient (Wildman–Crippen LogP) is 2.39. The Hall–Kier alpha value is -1.18. The Balaban J connectivity index is 3.16. The van der Waals surface area contributed by atoms with E-state index < -0.39 is 0 Å². The molecule has 58 valence electrons. The maximum atomic E-state index is 12.6. The largest absolute Gasteiger partial charge is 0.308 e. The topological polar surface area (TPSA) is 23.9 Å². The lowest BCUT2D eigenvalue weighted by Gasteiger charge is -2.00. The summed E-state index contributed by atoms with van der Waals surface area (Å²) in [6.07, 6.45) is 2.02. The molecule has 1 N–H and O–H groups in total. The van der Waals surface area contributed by atoms with Crippen molar-refractivity contribution in [2.75, 3.05) is 0 Å². The van der Waals surface area contributed by atoms with E-state index in [4.69, 9.17) is 5.41 Å². The number of hydrogen-bond acceptors (Lipinski definition) is 1. The summed E-state index contributed by atoms with van der Waals surface area (Å²) in [6.45, 7) is 1.99. The fourth-order valence-electron chi connectivity index (χ4n) is 1.02. The minimum atomic E-state index is -0.277. The van der Waals surface area contributed by atoms with Crippen LogP contribution in [0.2, 0.25) is 0 Å². The van der Waals surface area contributed by atoms with Gasteiger partial charge in [0.2, 0.25) is 0 Å². The minimum Gasteiger partial charge on any atom is -0.308 e. The van der Waals surface area contributed by atoms with E-state index >= 15 is 0 Å². The van der Waals surface area contributed by atoms with Crippen LogP contribution in [0.1, 0.15) is 18.1 Å². The van der Waals surface area contributed by atoms with Crippen molar-refractivity contribution in [2.24, 2.45) is 0 Å². The van der Waals surface area contributed by atoms with Gasteiger partial charge in [0, 0.05) is 6.21 Å². The Morgan fingerprint density at radius 1 is 1.55 bits per heavy atom. The molecular weight excluding hydrogens is 141 g/mol. The number of benzene rings is 1. The van der Waals surface area contributed by atoms with E-state index in [0.717, 1.165) is 12.0 Å². The van der Waals surface area contributed by atoms with Crippen LogP contribution in [0.15, 0.2) is 18.2 Å². The van der Waals surface area contributed by atoms with Gasteiger partial charge in [-0.3, -0.25) is 0 Å². The Labute approximate surface area is 65.4 Å². The van der Waals surface area contributed by atoms with Gasteiger partial charge in [0.15, 0.2) is 0 Å². The number of halogens is 1. The normalized spacial score (nSPS) is 9.64. The second kappa shape index (κ2) is 3.28. The van der Waals surface area contributed by atoms with Crippen LogP contribution in [0, 0.1) is 11.2 Å². The summed E-state index contributed by atoms with van der Waals surface area (Å²) >= 11 is 0. The first-order valence-electron chi connectivity index (χ1n) is 3.57. The molecule has 1 rings (SSSR count). The smallest absolute Gasteiger partial charge is 0.123 e. The Kier molecular flexibility index (Phi) is 2.36. The molecule has 0 bridgehead atoms. The molecule has 0 fully saturated rings. The molecule has 0 aliphatic carbocycles. The summed E-state index contributed by atoms with van der Waals surface area (Å²) in [5, 5.41) is 6.99. The van der Waals surface area contributed by atoms with Crippen molar-refractivity contribution in [1.82, 2.24) is 0 Å². The van der Waals surface area contributed by atoms with Crippen LogP contribution in [0.3, 0.4) is 0 Å². The van der Waals surface area contributed by atoms with Gasteiger partial charge in [0.05, 0.1) is 0 Å². The van der Waals surface area contributed by atoms with Gasteiger partial charge in [-0.15, -0.1) is 0 Å². The summed E-state index contributed by atoms with van der Waals surface area (Å²) in [4.78, 5) is 0. The van der Waals surface area contributed by atoms with Crippen LogP contribution in [0.5, 0.6) is 0 Å². The molecule has 0 unspecified atom stereocenters. The van der Waals surface area contributed by atoms with Crippen molar-refractivity contribution in [2.45, 2.75) is 13.3 Å². The minimum absolute atomic E-state index is 0.277. The van der Waals surface area contributed by atoms with Crippen LogP contribution >= 0.6 is 0 Å². The highest BCUT2D eigenvalue weighted by Crippen LogP contribution is 2.09. The number of nitrogens with one attached hydrogen (secondary N) is 1. The molecular formula is C9H10FN. The van der Waals surface area contributed by atoms with Crippen molar-refractivity contribution in [3.05, 3.63) is 35.1 Å². The van der Waals surface area contributed by atoms with Gasteiger partial charge in [-0.1, -0.05) is 13.0 Å². The van der Waals surface area contributed by atoms with Gasteiger partial charge >= 0.3 is 0 Å². The van der Waals surface area contributed by atoms with Gasteiger partial charge < -0.3 is 5.41 Å². The maximum Gasteiger partial charge on any atom is 0.123 e. The standard InChI is InChI=1S/C9H10FN/c1-2-7-3-4-9(10)5-8(7)6-11/h3-6,11H,2H2,1H3. The molecule has 0 spiro atoms. The van der Waals surface area contributed by atoms with Gasteiger partial charge in [-0.25, -0.2) is 4.39 Å². The van der Waals surface area contributed by atoms with Crippen molar-refractivity contribution in [3.63, 3.8) is 0 Å². The molecule has 0 radical (unpaired) electrons. The van der Waals surface area contributed by atoms with Gasteiger partial charge in [0.1, 0.15) is 5.82 Å². The Morgan fingerprint density at radius 2 is 2.27 bits per heavy atom. The summed E-state index contributed by atoms with van der Waals surface area (Å²) in [5.74, 6) is -0.277. The molecule has 0 aliphatic heterocycles. The zero-order valence-electron chi connectivity index (χ0n) is 6.39. The quantitative estimate of drug-likeness (QED) is 0.627. The van der Waals surface area contributed by atoms with Crippen molar-refractivity contribution in [1.29, 1.82) is 5.41 Å². The highest BCUT2D eigenvalue weighted by atomic mass is 19.1. The molecule has 1 aromatic rings. The lowest BCUT2D eigenvalue weighted by atomic mass is 10.1. The zero-order chi connectivity index (χ0) is 8.27. The lowest BCUT2D eigenvalue weighted by Crippen LogP contribution is -1.91. The molecule has 1 nitrogen and oxygen atoms in total. The second-order valence-corrected chi connectivity index (χ2v) is 2.34. The second-order valence-electron chi connectivity index (χ2n) is 2.34. The van der Waals surface area contributed by atoms with Gasteiger partial charge in [-0.05, 0) is 29.7 Å². The highest BCUT2D eigenvalue weighted by Gasteiger charge is 1.98. The molecule has 0 aromatic heterocycles. The van der Waals surface area contributed by atoms with Crippen molar-refractivity contribution in [3.8, 4) is 0 Å². The van der Waals surface area contributed by atoms with E-state index in [1.165, 1.54) is 18.3 Å². The summed E-state index contributed by atoms with van der Waals surface area (Å²) in [5.41, 5.74) is 1.69. The van der Waals surface area contributed by atoms with Crippen LogP contribution in [0.25, 0.3) is 0 Å². The first kappa shape index (κ1) is 7.92. The molecule has 0 saturated heterocycles. The number of hydrogen-bond donors (Lipinski definition) is 1. The Morgan fingerprint density at radius 3 is 2.82 bits per heavy atom. The van der Waals surface area contributed by atoms with Crippen LogP contribution in [0.4, 0.5) is 4.39 Å². The van der Waals surface area contributed by atoms with Crippen molar-refractivity contribution < 1.29 is 4.39 Å². The zero-order valence-corrected chi connectivity index (χ0v) is 6.39. The molecule has 0 atom stereocenters. The molecule has 1 aromatic carbocycles. The monoisotopic (exact) mass is 151 g/mol. The van der Waals surface area contributed by atoms with E-state index in [-0.39, 0.29) is 5.82 Å². The number of rotatable bonds is 2. The van der Waals surface area contributed by atoms with Crippen LogP contribution in [-0.2, 0) is 6.42 Å². The maximum absolute atomic E-state index is 12.6. The molecule has 0 aliphatic rings. The van der Waals surface area contributed by atoms with Crippen LogP contribution < -0.4 is 0 Å². The molecule has 11 heavy (non-hydrogen) atoms. The Bertz CT molecular complexity index is 268.